The molecule has 0 saturated heterocycles. The first-order chi connectivity index (χ1) is 6.69. The molecule has 2 nitrogen and oxygen atoms in total. The molecule has 0 spiro atoms. The summed E-state index contributed by atoms with van der Waals surface area (Å²) in [4.78, 5) is 12.5. The van der Waals surface area contributed by atoms with Crippen molar-refractivity contribution in [3.05, 3.63) is 28.8 Å². The van der Waals surface area contributed by atoms with E-state index in [2.05, 4.69) is 5.92 Å². The van der Waals surface area contributed by atoms with Crippen LogP contribution in [0.2, 0.25) is 5.02 Å². The Morgan fingerprint density at radius 1 is 1.64 bits per heavy atom. The summed E-state index contributed by atoms with van der Waals surface area (Å²) in [5, 5.41) is 0.592. The lowest BCUT2D eigenvalue weighted by Crippen LogP contribution is -2.18. The van der Waals surface area contributed by atoms with E-state index in [1.165, 1.54) is 0 Å². The lowest BCUT2D eigenvalue weighted by molar-refractivity contribution is 0.112. The Bertz CT molecular complexity index is 381. The zero-order valence-corrected chi connectivity index (χ0v) is 8.58. The molecule has 14 heavy (non-hydrogen) atoms. The number of rotatable bonds is 3. The van der Waals surface area contributed by atoms with Crippen molar-refractivity contribution in [1.29, 1.82) is 0 Å². The van der Waals surface area contributed by atoms with Crippen molar-refractivity contribution >= 4 is 23.6 Å². The third-order valence-electron chi connectivity index (χ3n) is 1.86. The van der Waals surface area contributed by atoms with Crippen LogP contribution in [0.4, 0.5) is 5.69 Å². The lowest BCUT2D eigenvalue weighted by atomic mass is 10.2. The first kappa shape index (κ1) is 10.6. The molecule has 0 atom stereocenters. The minimum absolute atomic E-state index is 0.446. The summed E-state index contributed by atoms with van der Waals surface area (Å²) in [6.45, 7) is 0.446. The molecule has 0 amide bonds. The van der Waals surface area contributed by atoms with Crippen LogP contribution < -0.4 is 4.90 Å². The summed E-state index contributed by atoms with van der Waals surface area (Å²) in [7, 11) is 1.82. The number of nitrogens with zero attached hydrogens (tertiary/aromatic N) is 1. The van der Waals surface area contributed by atoms with E-state index >= 15 is 0 Å². The van der Waals surface area contributed by atoms with Gasteiger partial charge in [0.2, 0.25) is 0 Å². The molecular weight excluding hydrogens is 198 g/mol. The van der Waals surface area contributed by atoms with Gasteiger partial charge in [-0.25, -0.2) is 0 Å². The molecule has 0 radical (unpaired) electrons. The molecular formula is C11H10ClNO. The van der Waals surface area contributed by atoms with Crippen LogP contribution in [-0.4, -0.2) is 19.9 Å². The summed E-state index contributed by atoms with van der Waals surface area (Å²) in [6.07, 6.45) is 5.97. The first-order valence-corrected chi connectivity index (χ1v) is 4.46. The zero-order valence-electron chi connectivity index (χ0n) is 7.83. The van der Waals surface area contributed by atoms with Crippen molar-refractivity contribution in [3.63, 3.8) is 0 Å². The van der Waals surface area contributed by atoms with E-state index in [-0.39, 0.29) is 0 Å². The second kappa shape index (κ2) is 4.69. The Morgan fingerprint density at radius 2 is 2.36 bits per heavy atom. The number of hydrogen-bond acceptors (Lipinski definition) is 2. The summed E-state index contributed by atoms with van der Waals surface area (Å²) in [5.41, 5.74) is 1.35. The second-order valence-corrected chi connectivity index (χ2v) is 3.32. The van der Waals surface area contributed by atoms with E-state index in [1.54, 1.807) is 23.1 Å². The molecule has 1 aromatic rings. The van der Waals surface area contributed by atoms with E-state index in [0.717, 1.165) is 12.0 Å². The fourth-order valence-electron chi connectivity index (χ4n) is 1.17. The van der Waals surface area contributed by atoms with E-state index < -0.39 is 0 Å². The van der Waals surface area contributed by atoms with Crippen LogP contribution >= 0.6 is 11.6 Å². The molecule has 0 aliphatic rings. The minimum atomic E-state index is 0.446. The highest BCUT2D eigenvalue weighted by Gasteiger charge is 2.06. The summed E-state index contributed by atoms with van der Waals surface area (Å²) in [6, 6.07) is 5.08. The fourth-order valence-corrected chi connectivity index (χ4v) is 1.34. The Labute approximate surface area is 88.5 Å². The van der Waals surface area contributed by atoms with Gasteiger partial charge >= 0.3 is 0 Å². The van der Waals surface area contributed by atoms with E-state index in [9.17, 15) is 4.79 Å². The molecule has 0 aliphatic carbocycles. The Balaban J connectivity index is 3.11. The Kier molecular flexibility index (Phi) is 3.55. The van der Waals surface area contributed by atoms with Gasteiger partial charge in [-0.1, -0.05) is 17.5 Å². The number of hydrogen-bond donors (Lipinski definition) is 0. The average Bonchev–Trinajstić information content (AvgIpc) is 2.18. The van der Waals surface area contributed by atoms with Crippen molar-refractivity contribution in [2.24, 2.45) is 0 Å². The molecule has 0 saturated carbocycles. The normalized spacial score (nSPS) is 9.21. The molecule has 72 valence electrons. The van der Waals surface area contributed by atoms with Gasteiger partial charge < -0.3 is 4.90 Å². The first-order valence-electron chi connectivity index (χ1n) is 4.08. The Hall–Kier alpha value is -1.46. The maximum absolute atomic E-state index is 10.7. The molecule has 0 bridgehead atoms. The van der Waals surface area contributed by atoms with Gasteiger partial charge in [-0.2, -0.15) is 0 Å². The average molecular weight is 208 g/mol. The third kappa shape index (κ3) is 2.27. The van der Waals surface area contributed by atoms with Crippen LogP contribution in [0, 0.1) is 12.3 Å². The minimum Gasteiger partial charge on any atom is -0.363 e. The highest BCUT2D eigenvalue weighted by atomic mass is 35.5. The molecule has 0 heterocycles. The smallest absolute Gasteiger partial charge is 0.152 e. The van der Waals surface area contributed by atoms with Gasteiger partial charge in [-0.15, -0.1) is 6.42 Å². The predicted molar refractivity (Wildman–Crippen MR) is 58.9 cm³/mol. The topological polar surface area (TPSA) is 20.3 Å². The van der Waals surface area contributed by atoms with E-state index in [0.29, 0.717) is 17.1 Å². The van der Waals surface area contributed by atoms with Crippen molar-refractivity contribution in [2.75, 3.05) is 18.5 Å². The maximum Gasteiger partial charge on any atom is 0.152 e. The summed E-state index contributed by atoms with van der Waals surface area (Å²) in [5.74, 6) is 2.50. The number of carbonyl (C=O) groups excluding carboxylic acids is 1. The van der Waals surface area contributed by atoms with Crippen LogP contribution in [-0.2, 0) is 0 Å². The summed E-state index contributed by atoms with van der Waals surface area (Å²) < 4.78 is 0. The number of benzene rings is 1. The van der Waals surface area contributed by atoms with E-state index in [1.807, 2.05) is 7.05 Å². The van der Waals surface area contributed by atoms with Gasteiger partial charge in [0.25, 0.3) is 0 Å². The number of carbonyl (C=O) groups is 1. The molecule has 0 N–H and O–H groups in total. The van der Waals surface area contributed by atoms with Gasteiger partial charge in [-0.05, 0) is 18.2 Å². The molecule has 0 aromatic heterocycles. The standard InChI is InChI=1S/C11H10ClNO/c1-3-6-13(2)11-7-10(12)5-4-9(11)8-14/h1,4-5,7-8H,6H2,2H3. The molecule has 3 heteroatoms. The number of halogens is 1. The Morgan fingerprint density at radius 3 is 2.93 bits per heavy atom. The SMILES string of the molecule is C#CCN(C)c1cc(Cl)ccc1C=O. The zero-order chi connectivity index (χ0) is 10.6. The maximum atomic E-state index is 10.7. The van der Waals surface area contributed by atoms with Gasteiger partial charge in [0.15, 0.2) is 6.29 Å². The van der Waals surface area contributed by atoms with Crippen molar-refractivity contribution in [2.45, 2.75) is 0 Å². The number of terminal acetylenes is 1. The van der Waals surface area contributed by atoms with Crippen LogP contribution in [0.25, 0.3) is 0 Å². The van der Waals surface area contributed by atoms with Crippen molar-refractivity contribution < 1.29 is 4.79 Å². The molecule has 1 aromatic carbocycles. The highest BCUT2D eigenvalue weighted by Crippen LogP contribution is 2.22. The van der Waals surface area contributed by atoms with Crippen LogP contribution in [0.15, 0.2) is 18.2 Å². The highest BCUT2D eigenvalue weighted by molar-refractivity contribution is 6.31. The molecule has 0 unspecified atom stereocenters. The molecule has 1 rings (SSSR count). The largest absolute Gasteiger partial charge is 0.363 e. The quantitative estimate of drug-likeness (QED) is 0.560. The van der Waals surface area contributed by atoms with Gasteiger partial charge in [-0.3, -0.25) is 4.79 Å². The van der Waals surface area contributed by atoms with Crippen molar-refractivity contribution in [1.82, 2.24) is 0 Å². The fraction of sp³-hybridized carbons (Fsp3) is 0.182. The van der Waals surface area contributed by atoms with Crippen molar-refractivity contribution in [3.8, 4) is 12.3 Å². The van der Waals surface area contributed by atoms with Gasteiger partial charge in [0.1, 0.15) is 0 Å². The molecule has 0 aliphatic heterocycles. The number of anilines is 1. The lowest BCUT2D eigenvalue weighted by Gasteiger charge is -2.18. The van der Waals surface area contributed by atoms with Gasteiger partial charge in [0, 0.05) is 23.3 Å². The molecule has 0 fully saturated rings. The van der Waals surface area contributed by atoms with Crippen LogP contribution in [0.3, 0.4) is 0 Å². The summed E-state index contributed by atoms with van der Waals surface area (Å²) >= 11 is 5.82. The monoisotopic (exact) mass is 207 g/mol. The third-order valence-corrected chi connectivity index (χ3v) is 2.09. The van der Waals surface area contributed by atoms with E-state index in [4.69, 9.17) is 18.0 Å². The predicted octanol–water partition coefficient (Wildman–Crippen LogP) is 2.22. The number of aldehydes is 1. The van der Waals surface area contributed by atoms with Gasteiger partial charge in [0.05, 0.1) is 6.54 Å². The second-order valence-electron chi connectivity index (χ2n) is 2.88. The van der Waals surface area contributed by atoms with Crippen LogP contribution in [0.5, 0.6) is 0 Å². The van der Waals surface area contributed by atoms with Crippen LogP contribution in [0.1, 0.15) is 10.4 Å².